The Morgan fingerprint density at radius 3 is 1.86 bits per heavy atom. The minimum atomic E-state index is -3.02. The van der Waals surface area contributed by atoms with E-state index < -0.39 is 15.1 Å². The largest absolute Gasteiger partial charge is 0.326 e. The Labute approximate surface area is 88.0 Å². The lowest BCUT2D eigenvalue weighted by molar-refractivity contribution is 0.304. The molecule has 2 atom stereocenters. The van der Waals surface area contributed by atoms with Crippen LogP contribution in [0.3, 0.4) is 0 Å². The van der Waals surface area contributed by atoms with Crippen molar-refractivity contribution in [1.29, 1.82) is 0 Å². The third-order valence-corrected chi connectivity index (χ3v) is 5.02. The molecule has 0 aromatic carbocycles. The van der Waals surface area contributed by atoms with Crippen molar-refractivity contribution in [3.63, 3.8) is 0 Å². The molecule has 14 heavy (non-hydrogen) atoms. The molecule has 0 radical (unpaired) electrons. The molecule has 0 fully saturated rings. The maximum atomic E-state index is 11.7. The van der Waals surface area contributed by atoms with Gasteiger partial charge in [-0.05, 0) is 11.8 Å². The summed E-state index contributed by atoms with van der Waals surface area (Å²) in [6.07, 6.45) is 0.592. The molecule has 0 heterocycles. The Balaban J connectivity index is 4.93. The van der Waals surface area contributed by atoms with Gasteiger partial charge < -0.3 is 5.73 Å². The van der Waals surface area contributed by atoms with E-state index in [1.165, 1.54) is 0 Å². The topological polar surface area (TPSA) is 60.2 Å². The van der Waals surface area contributed by atoms with E-state index in [0.717, 1.165) is 0 Å². The summed E-state index contributed by atoms with van der Waals surface area (Å²) < 4.78 is 23.5. The van der Waals surface area contributed by atoms with Crippen molar-refractivity contribution in [1.82, 2.24) is 0 Å². The summed E-state index contributed by atoms with van der Waals surface area (Å²) in [4.78, 5) is 0. The summed E-state index contributed by atoms with van der Waals surface area (Å²) in [5.41, 5.74) is 5.82. The second-order valence-electron chi connectivity index (χ2n) is 4.79. The normalized spacial score (nSPS) is 17.9. The van der Waals surface area contributed by atoms with E-state index in [-0.39, 0.29) is 17.2 Å². The fraction of sp³-hybridized carbons (Fsp3) is 1.00. The van der Waals surface area contributed by atoms with E-state index in [1.54, 1.807) is 6.92 Å². The monoisotopic (exact) mass is 221 g/mol. The van der Waals surface area contributed by atoms with Crippen molar-refractivity contribution in [2.24, 2.45) is 11.1 Å². The number of sulfone groups is 1. The van der Waals surface area contributed by atoms with Gasteiger partial charge in [-0.3, -0.25) is 0 Å². The van der Waals surface area contributed by atoms with Crippen LogP contribution in [0, 0.1) is 5.41 Å². The molecule has 0 unspecified atom stereocenters. The number of rotatable bonds is 4. The van der Waals surface area contributed by atoms with Gasteiger partial charge in [-0.1, -0.05) is 34.6 Å². The number of hydrogen-bond acceptors (Lipinski definition) is 3. The Kier molecular flexibility index (Phi) is 4.59. The molecule has 0 aliphatic carbocycles. The summed E-state index contributed by atoms with van der Waals surface area (Å²) >= 11 is 0. The first-order valence-electron chi connectivity index (χ1n) is 5.14. The number of hydrogen-bond donors (Lipinski definition) is 1. The predicted octanol–water partition coefficient (Wildman–Crippen LogP) is 1.57. The van der Waals surface area contributed by atoms with E-state index in [9.17, 15) is 8.42 Å². The Bertz CT molecular complexity index is 264. The highest BCUT2D eigenvalue weighted by Crippen LogP contribution is 2.25. The van der Waals surface area contributed by atoms with Crippen LogP contribution in [0.1, 0.15) is 41.0 Å². The highest BCUT2D eigenvalue weighted by molar-refractivity contribution is 7.92. The lowest BCUT2D eigenvalue weighted by atomic mass is 9.84. The van der Waals surface area contributed by atoms with Crippen LogP contribution in [0.2, 0.25) is 0 Å². The third-order valence-electron chi connectivity index (χ3n) is 2.67. The first kappa shape index (κ1) is 13.9. The summed E-state index contributed by atoms with van der Waals surface area (Å²) in [6.45, 7) is 9.49. The summed E-state index contributed by atoms with van der Waals surface area (Å²) in [6, 6.07) is -0.294. The minimum absolute atomic E-state index is 0.164. The quantitative estimate of drug-likeness (QED) is 0.784. The molecular formula is C10H23NO2S. The lowest BCUT2D eigenvalue weighted by Crippen LogP contribution is -2.49. The standard InChI is InChI=1S/C10H23NO2S/c1-6-8(14(12,13)7-2)9(11)10(3,4)5/h8-9H,6-7,11H2,1-5H3/t8-,9-/m0/s1. The van der Waals surface area contributed by atoms with Gasteiger partial charge in [0.05, 0.1) is 5.25 Å². The van der Waals surface area contributed by atoms with Gasteiger partial charge in [0, 0.05) is 11.8 Å². The van der Waals surface area contributed by atoms with E-state index in [4.69, 9.17) is 5.73 Å². The van der Waals surface area contributed by atoms with Crippen LogP contribution in [0.5, 0.6) is 0 Å². The van der Waals surface area contributed by atoms with Gasteiger partial charge in [0.25, 0.3) is 0 Å². The van der Waals surface area contributed by atoms with Crippen LogP contribution in [0.4, 0.5) is 0 Å². The predicted molar refractivity (Wildman–Crippen MR) is 61.0 cm³/mol. The van der Waals surface area contributed by atoms with Crippen LogP contribution in [-0.4, -0.2) is 25.5 Å². The van der Waals surface area contributed by atoms with Crippen LogP contribution in [0.15, 0.2) is 0 Å². The molecule has 0 rings (SSSR count). The molecular weight excluding hydrogens is 198 g/mol. The molecule has 0 amide bonds. The van der Waals surface area contributed by atoms with Gasteiger partial charge in [0.15, 0.2) is 9.84 Å². The van der Waals surface area contributed by atoms with E-state index in [0.29, 0.717) is 6.42 Å². The molecule has 4 heteroatoms. The Morgan fingerprint density at radius 1 is 1.21 bits per heavy atom. The molecule has 0 saturated heterocycles. The van der Waals surface area contributed by atoms with Crippen LogP contribution in [-0.2, 0) is 9.84 Å². The second-order valence-corrected chi connectivity index (χ2v) is 7.30. The summed E-state index contributed by atoms with van der Waals surface area (Å²) in [5.74, 6) is 0.176. The molecule has 0 aromatic heterocycles. The van der Waals surface area contributed by atoms with E-state index in [2.05, 4.69) is 0 Å². The molecule has 2 N–H and O–H groups in total. The maximum absolute atomic E-state index is 11.7. The molecule has 0 aliphatic heterocycles. The number of nitrogens with two attached hydrogens (primary N) is 1. The fourth-order valence-corrected chi connectivity index (χ4v) is 3.29. The van der Waals surface area contributed by atoms with Crippen molar-refractivity contribution in [2.75, 3.05) is 5.75 Å². The first-order chi connectivity index (χ1) is 6.16. The van der Waals surface area contributed by atoms with Crippen LogP contribution >= 0.6 is 0 Å². The molecule has 0 aromatic rings. The first-order valence-corrected chi connectivity index (χ1v) is 6.85. The highest BCUT2D eigenvalue weighted by atomic mass is 32.2. The minimum Gasteiger partial charge on any atom is -0.326 e. The van der Waals surface area contributed by atoms with E-state index in [1.807, 2.05) is 27.7 Å². The summed E-state index contributed by atoms with van der Waals surface area (Å²) in [7, 11) is -3.02. The molecule has 0 aliphatic rings. The zero-order valence-corrected chi connectivity index (χ0v) is 10.7. The van der Waals surface area contributed by atoms with Gasteiger partial charge in [-0.2, -0.15) is 0 Å². The maximum Gasteiger partial charge on any atom is 0.154 e. The van der Waals surface area contributed by atoms with Crippen molar-refractivity contribution >= 4 is 9.84 Å². The fourth-order valence-electron chi connectivity index (χ4n) is 1.50. The van der Waals surface area contributed by atoms with E-state index >= 15 is 0 Å². The van der Waals surface area contributed by atoms with Gasteiger partial charge >= 0.3 is 0 Å². The average molecular weight is 221 g/mol. The molecule has 0 spiro atoms. The molecule has 86 valence electrons. The van der Waals surface area contributed by atoms with Crippen molar-refractivity contribution in [3.8, 4) is 0 Å². The van der Waals surface area contributed by atoms with Crippen LogP contribution in [0.25, 0.3) is 0 Å². The second kappa shape index (κ2) is 4.62. The molecule has 0 bridgehead atoms. The Hall–Kier alpha value is -0.0900. The van der Waals surface area contributed by atoms with Crippen molar-refractivity contribution < 1.29 is 8.42 Å². The third kappa shape index (κ3) is 3.24. The summed E-state index contributed by atoms with van der Waals surface area (Å²) in [5, 5.41) is -0.410. The SMILES string of the molecule is CC[C@@H]([C@H](N)C(C)(C)C)S(=O)(=O)CC. The van der Waals surface area contributed by atoms with Gasteiger partial charge in [0.2, 0.25) is 0 Å². The van der Waals surface area contributed by atoms with Crippen LogP contribution < -0.4 is 5.73 Å². The lowest BCUT2D eigenvalue weighted by Gasteiger charge is -2.33. The zero-order chi connectivity index (χ0) is 11.6. The van der Waals surface area contributed by atoms with Gasteiger partial charge in [-0.25, -0.2) is 8.42 Å². The zero-order valence-electron chi connectivity index (χ0n) is 9.87. The molecule has 0 saturated carbocycles. The molecule has 3 nitrogen and oxygen atoms in total. The highest BCUT2D eigenvalue weighted by Gasteiger charge is 2.35. The average Bonchev–Trinajstić information content (AvgIpc) is 2.03. The van der Waals surface area contributed by atoms with Gasteiger partial charge in [-0.15, -0.1) is 0 Å². The van der Waals surface area contributed by atoms with Crippen molar-refractivity contribution in [3.05, 3.63) is 0 Å². The Morgan fingerprint density at radius 2 is 1.64 bits per heavy atom. The van der Waals surface area contributed by atoms with Crippen molar-refractivity contribution in [2.45, 2.75) is 52.3 Å². The van der Waals surface area contributed by atoms with Gasteiger partial charge in [0.1, 0.15) is 0 Å². The smallest absolute Gasteiger partial charge is 0.154 e.